The first kappa shape index (κ1) is 22.1. The molecule has 31 heavy (non-hydrogen) atoms. The van der Waals surface area contributed by atoms with Crippen LogP contribution in [-0.2, 0) is 14.6 Å². The zero-order valence-electron chi connectivity index (χ0n) is 18.8. The summed E-state index contributed by atoms with van der Waals surface area (Å²) >= 11 is 0. The van der Waals surface area contributed by atoms with Gasteiger partial charge in [0.25, 0.3) is 0 Å². The Hall–Kier alpha value is -2.14. The number of aryl methyl sites for hydroxylation is 2. The van der Waals surface area contributed by atoms with Crippen molar-refractivity contribution in [2.45, 2.75) is 87.4 Å². The molecule has 4 rings (SSSR count). The standard InChI is InChI=1S/C26H33NO3S/c1-19-11-15-21(16-12-19)24-26(3,31(29,30)23-17-13-20(2)14-18-23)25(28)27(24)22-9-7-5-4-6-8-10-22/h11-18,22,24H,4-10H2,1-3H3/t24-,26+/m0/s1. The van der Waals surface area contributed by atoms with Crippen molar-refractivity contribution in [2.75, 3.05) is 0 Å². The molecule has 5 heteroatoms. The third kappa shape index (κ3) is 3.71. The van der Waals surface area contributed by atoms with Gasteiger partial charge >= 0.3 is 0 Å². The topological polar surface area (TPSA) is 54.5 Å². The second kappa shape index (κ2) is 8.42. The van der Waals surface area contributed by atoms with Crippen molar-refractivity contribution < 1.29 is 13.2 Å². The number of benzene rings is 2. The number of carbonyl (C=O) groups is 1. The van der Waals surface area contributed by atoms with Crippen LogP contribution in [0.3, 0.4) is 0 Å². The van der Waals surface area contributed by atoms with E-state index < -0.39 is 20.6 Å². The van der Waals surface area contributed by atoms with Gasteiger partial charge in [0.2, 0.25) is 5.91 Å². The number of β-lactam (4-membered cyclic amide) rings is 1. The van der Waals surface area contributed by atoms with Crippen LogP contribution < -0.4 is 0 Å². The molecule has 2 aromatic rings. The van der Waals surface area contributed by atoms with E-state index in [0.29, 0.717) is 0 Å². The summed E-state index contributed by atoms with van der Waals surface area (Å²) in [5.74, 6) is -0.246. The largest absolute Gasteiger partial charge is 0.329 e. The van der Waals surface area contributed by atoms with E-state index in [2.05, 4.69) is 0 Å². The number of sulfone groups is 1. The van der Waals surface area contributed by atoms with Crippen LogP contribution in [0.4, 0.5) is 0 Å². The first-order chi connectivity index (χ1) is 14.8. The summed E-state index contributed by atoms with van der Waals surface area (Å²) < 4.78 is 26.1. The third-order valence-corrected chi connectivity index (χ3v) is 9.62. The van der Waals surface area contributed by atoms with Crippen LogP contribution in [0.1, 0.15) is 74.6 Å². The number of rotatable bonds is 4. The first-order valence-electron chi connectivity index (χ1n) is 11.5. The lowest BCUT2D eigenvalue weighted by Gasteiger charge is -2.57. The summed E-state index contributed by atoms with van der Waals surface area (Å²) in [5.41, 5.74) is 3.02. The van der Waals surface area contributed by atoms with Gasteiger partial charge in [0.15, 0.2) is 14.6 Å². The minimum Gasteiger partial charge on any atom is -0.329 e. The Labute approximate surface area is 186 Å². The maximum absolute atomic E-state index is 13.8. The molecule has 2 fully saturated rings. The molecule has 1 aliphatic heterocycles. The van der Waals surface area contributed by atoms with E-state index in [1.165, 1.54) is 19.3 Å². The quantitative estimate of drug-likeness (QED) is 0.589. The van der Waals surface area contributed by atoms with Gasteiger partial charge in [-0.2, -0.15) is 0 Å². The van der Waals surface area contributed by atoms with Crippen LogP contribution in [0.25, 0.3) is 0 Å². The van der Waals surface area contributed by atoms with Gasteiger partial charge in [-0.3, -0.25) is 4.79 Å². The minimum absolute atomic E-state index is 0.111. The summed E-state index contributed by atoms with van der Waals surface area (Å²) in [6, 6.07) is 14.5. The molecule has 2 atom stereocenters. The summed E-state index contributed by atoms with van der Waals surface area (Å²) in [4.78, 5) is 15.8. The van der Waals surface area contributed by atoms with E-state index in [9.17, 15) is 13.2 Å². The fraction of sp³-hybridized carbons (Fsp3) is 0.500. The molecule has 1 amide bonds. The number of amides is 1. The molecule has 0 spiro atoms. The van der Waals surface area contributed by atoms with E-state index in [4.69, 9.17) is 0 Å². The van der Waals surface area contributed by atoms with E-state index in [1.807, 2.05) is 43.0 Å². The smallest absolute Gasteiger partial charge is 0.247 e. The van der Waals surface area contributed by atoms with Crippen molar-refractivity contribution >= 4 is 15.7 Å². The molecule has 2 aliphatic rings. The molecule has 0 unspecified atom stereocenters. The highest BCUT2D eigenvalue weighted by Crippen LogP contribution is 2.52. The van der Waals surface area contributed by atoms with Crippen LogP contribution >= 0.6 is 0 Å². The molecule has 0 aromatic heterocycles. The summed E-state index contributed by atoms with van der Waals surface area (Å²) in [5, 5.41) is 0. The van der Waals surface area contributed by atoms with E-state index in [0.717, 1.165) is 42.4 Å². The molecule has 1 saturated heterocycles. The lowest BCUT2D eigenvalue weighted by Crippen LogP contribution is -2.72. The Kier molecular flexibility index (Phi) is 5.99. The van der Waals surface area contributed by atoms with Crippen molar-refractivity contribution in [3.8, 4) is 0 Å². The highest BCUT2D eigenvalue weighted by molar-refractivity contribution is 7.93. The number of carbonyl (C=O) groups excluding carboxylic acids is 1. The second-order valence-electron chi connectivity index (χ2n) is 9.45. The van der Waals surface area contributed by atoms with Gasteiger partial charge in [0.1, 0.15) is 0 Å². The second-order valence-corrected chi connectivity index (χ2v) is 11.8. The monoisotopic (exact) mass is 439 g/mol. The average molecular weight is 440 g/mol. The van der Waals surface area contributed by atoms with Gasteiger partial charge < -0.3 is 4.90 Å². The predicted octanol–water partition coefficient (Wildman–Crippen LogP) is 5.53. The van der Waals surface area contributed by atoms with Crippen LogP contribution in [0.2, 0.25) is 0 Å². The van der Waals surface area contributed by atoms with Crippen LogP contribution in [-0.4, -0.2) is 30.0 Å². The maximum atomic E-state index is 13.8. The zero-order valence-corrected chi connectivity index (χ0v) is 19.6. The Balaban J connectivity index is 1.78. The predicted molar refractivity (Wildman–Crippen MR) is 124 cm³/mol. The van der Waals surface area contributed by atoms with Gasteiger partial charge in [-0.15, -0.1) is 0 Å². The molecule has 166 valence electrons. The number of hydrogen-bond acceptors (Lipinski definition) is 3. The van der Waals surface area contributed by atoms with Gasteiger partial charge in [-0.25, -0.2) is 8.42 Å². The number of nitrogens with zero attached hydrogens (tertiary/aromatic N) is 1. The molecule has 4 nitrogen and oxygen atoms in total. The Morgan fingerprint density at radius 3 is 1.84 bits per heavy atom. The zero-order chi connectivity index (χ0) is 22.2. The number of likely N-dealkylation sites (tertiary alicyclic amines) is 1. The summed E-state index contributed by atoms with van der Waals surface area (Å²) in [6.07, 6.45) is 7.72. The van der Waals surface area contributed by atoms with Crippen molar-refractivity contribution in [1.29, 1.82) is 0 Å². The van der Waals surface area contributed by atoms with Crippen molar-refractivity contribution in [1.82, 2.24) is 4.90 Å². The van der Waals surface area contributed by atoms with Gasteiger partial charge in [-0.05, 0) is 51.3 Å². The third-order valence-electron chi connectivity index (χ3n) is 7.21. The fourth-order valence-electron chi connectivity index (χ4n) is 5.23. The molecular formula is C26H33NO3S. The summed E-state index contributed by atoms with van der Waals surface area (Å²) in [6.45, 7) is 5.58. The lowest BCUT2D eigenvalue weighted by molar-refractivity contribution is -0.157. The molecule has 1 heterocycles. The average Bonchev–Trinajstić information content (AvgIpc) is 2.73. The van der Waals surface area contributed by atoms with Crippen LogP contribution in [0, 0.1) is 13.8 Å². The lowest BCUT2D eigenvalue weighted by atomic mass is 9.79. The number of hydrogen-bond donors (Lipinski definition) is 0. The Morgan fingerprint density at radius 2 is 1.29 bits per heavy atom. The normalized spacial score (nSPS) is 25.6. The molecule has 0 bridgehead atoms. The molecule has 0 radical (unpaired) electrons. The maximum Gasteiger partial charge on any atom is 0.247 e. The molecule has 2 aromatic carbocycles. The van der Waals surface area contributed by atoms with Crippen molar-refractivity contribution in [2.24, 2.45) is 0 Å². The van der Waals surface area contributed by atoms with Gasteiger partial charge in [0.05, 0.1) is 10.9 Å². The molecule has 1 saturated carbocycles. The molecule has 1 aliphatic carbocycles. The van der Waals surface area contributed by atoms with Gasteiger partial charge in [0, 0.05) is 6.04 Å². The molecular weight excluding hydrogens is 406 g/mol. The van der Waals surface area contributed by atoms with E-state index in [-0.39, 0.29) is 16.8 Å². The minimum atomic E-state index is -3.85. The fourth-order valence-corrected chi connectivity index (χ4v) is 7.09. The Bertz CT molecular complexity index is 1040. The van der Waals surface area contributed by atoms with Crippen LogP contribution in [0.5, 0.6) is 0 Å². The molecule has 0 N–H and O–H groups in total. The van der Waals surface area contributed by atoms with Crippen LogP contribution in [0.15, 0.2) is 53.4 Å². The summed E-state index contributed by atoms with van der Waals surface area (Å²) in [7, 11) is -3.85. The van der Waals surface area contributed by atoms with Gasteiger partial charge in [-0.1, -0.05) is 79.6 Å². The Morgan fingerprint density at radius 1 is 0.806 bits per heavy atom. The highest BCUT2D eigenvalue weighted by Gasteiger charge is 2.67. The van der Waals surface area contributed by atoms with Crippen molar-refractivity contribution in [3.63, 3.8) is 0 Å². The first-order valence-corrected chi connectivity index (χ1v) is 13.0. The SMILES string of the molecule is Cc1ccc([C@@H]2N(C3CCCCCCC3)C(=O)[C@]2(C)S(=O)(=O)c2ccc(C)cc2)cc1. The van der Waals surface area contributed by atoms with Crippen molar-refractivity contribution in [3.05, 3.63) is 65.2 Å². The highest BCUT2D eigenvalue weighted by atomic mass is 32.2. The van der Waals surface area contributed by atoms with E-state index in [1.54, 1.807) is 31.2 Å². The van der Waals surface area contributed by atoms with E-state index >= 15 is 0 Å².